The Labute approximate surface area is 129 Å². The molecule has 0 bridgehead atoms. The Bertz CT molecular complexity index is 399. The summed E-state index contributed by atoms with van der Waals surface area (Å²) >= 11 is 5.85. The van der Waals surface area contributed by atoms with Crippen molar-refractivity contribution in [2.24, 2.45) is 0 Å². The van der Waals surface area contributed by atoms with Gasteiger partial charge in [0.25, 0.3) is 0 Å². The van der Waals surface area contributed by atoms with Crippen molar-refractivity contribution in [3.05, 3.63) is 34.6 Å². The molecule has 2 N–H and O–H groups in total. The number of carbonyl (C=O) groups is 1. The second-order valence-electron chi connectivity index (χ2n) is 3.97. The largest absolute Gasteiger partial charge is 0.383 e. The highest BCUT2D eigenvalue weighted by molar-refractivity contribution is 6.31. The zero-order valence-electron chi connectivity index (χ0n) is 11.2. The van der Waals surface area contributed by atoms with E-state index in [1.165, 1.54) is 12.1 Å². The Morgan fingerprint density at radius 2 is 2.10 bits per heavy atom. The van der Waals surface area contributed by atoms with Crippen LogP contribution in [0, 0.1) is 5.82 Å². The van der Waals surface area contributed by atoms with Crippen molar-refractivity contribution in [3.63, 3.8) is 0 Å². The van der Waals surface area contributed by atoms with E-state index in [0.29, 0.717) is 19.7 Å². The van der Waals surface area contributed by atoms with Crippen LogP contribution in [-0.4, -0.2) is 39.3 Å². The third-order valence-electron chi connectivity index (χ3n) is 2.51. The number of halogens is 3. The molecule has 4 nitrogen and oxygen atoms in total. The lowest BCUT2D eigenvalue weighted by molar-refractivity contribution is -0.120. The number of carbonyl (C=O) groups excluding carboxylic acids is 1. The van der Waals surface area contributed by atoms with Crippen LogP contribution in [0.5, 0.6) is 0 Å². The Morgan fingerprint density at radius 1 is 1.35 bits per heavy atom. The first kappa shape index (κ1) is 19.1. The van der Waals surface area contributed by atoms with Crippen LogP contribution in [0.25, 0.3) is 0 Å². The summed E-state index contributed by atoms with van der Waals surface area (Å²) in [7, 11) is 1.63. The van der Waals surface area contributed by atoms with E-state index in [9.17, 15) is 9.18 Å². The number of rotatable bonds is 8. The molecule has 0 aliphatic rings. The number of hydrogen-bond donors (Lipinski definition) is 2. The fourth-order valence-electron chi connectivity index (χ4n) is 1.51. The van der Waals surface area contributed by atoms with Crippen LogP contribution in [-0.2, 0) is 16.0 Å². The fraction of sp³-hybridized carbons (Fsp3) is 0.462. The third-order valence-corrected chi connectivity index (χ3v) is 2.86. The molecule has 0 saturated heterocycles. The van der Waals surface area contributed by atoms with Gasteiger partial charge in [-0.2, -0.15) is 0 Å². The lowest BCUT2D eigenvalue weighted by Crippen LogP contribution is -2.34. The third kappa shape index (κ3) is 7.05. The molecule has 7 heteroatoms. The standard InChI is InChI=1S/C13H18ClFN2O2.ClH/c1-19-8-7-16-5-6-17-13(18)9-10-11(14)3-2-4-12(10)15;/h2-4,16H,5-9H2,1H3,(H,17,18);1H. The van der Waals surface area contributed by atoms with Gasteiger partial charge in [-0.1, -0.05) is 17.7 Å². The van der Waals surface area contributed by atoms with Crippen LogP contribution in [0.2, 0.25) is 5.02 Å². The summed E-state index contributed by atoms with van der Waals surface area (Å²) in [4.78, 5) is 11.6. The van der Waals surface area contributed by atoms with Crippen LogP contribution in [0.15, 0.2) is 18.2 Å². The first-order valence-corrected chi connectivity index (χ1v) is 6.42. The van der Waals surface area contributed by atoms with E-state index >= 15 is 0 Å². The molecule has 0 aromatic heterocycles. The first-order chi connectivity index (χ1) is 9.15. The SMILES string of the molecule is COCCNCCNC(=O)Cc1c(F)cccc1Cl.Cl. The van der Waals surface area contributed by atoms with Gasteiger partial charge in [-0.15, -0.1) is 12.4 Å². The molecule has 0 aliphatic carbocycles. The van der Waals surface area contributed by atoms with Gasteiger partial charge >= 0.3 is 0 Å². The quantitative estimate of drug-likeness (QED) is 0.717. The van der Waals surface area contributed by atoms with Crippen LogP contribution < -0.4 is 10.6 Å². The van der Waals surface area contributed by atoms with E-state index in [1.807, 2.05) is 0 Å². The molecule has 0 radical (unpaired) electrons. The van der Waals surface area contributed by atoms with Gasteiger partial charge in [0.2, 0.25) is 5.91 Å². The summed E-state index contributed by atoms with van der Waals surface area (Å²) in [6, 6.07) is 4.37. The van der Waals surface area contributed by atoms with Gasteiger partial charge in [0, 0.05) is 37.3 Å². The van der Waals surface area contributed by atoms with Crippen molar-refractivity contribution >= 4 is 29.9 Å². The summed E-state index contributed by atoms with van der Waals surface area (Å²) in [6.07, 6.45) is -0.0520. The average Bonchev–Trinajstić information content (AvgIpc) is 2.38. The summed E-state index contributed by atoms with van der Waals surface area (Å²) < 4.78 is 18.3. The smallest absolute Gasteiger partial charge is 0.224 e. The fourth-order valence-corrected chi connectivity index (χ4v) is 1.74. The Kier molecular flexibility index (Phi) is 10.4. The lowest BCUT2D eigenvalue weighted by Gasteiger charge is -2.08. The lowest BCUT2D eigenvalue weighted by atomic mass is 10.1. The van der Waals surface area contributed by atoms with E-state index in [2.05, 4.69) is 10.6 Å². The van der Waals surface area contributed by atoms with Crippen molar-refractivity contribution < 1.29 is 13.9 Å². The molecule has 1 aromatic carbocycles. The van der Waals surface area contributed by atoms with Gasteiger partial charge in [0.1, 0.15) is 5.82 Å². The van der Waals surface area contributed by atoms with Crippen molar-refractivity contribution in [2.45, 2.75) is 6.42 Å². The predicted molar refractivity (Wildman–Crippen MR) is 80.1 cm³/mol. The molecule has 0 unspecified atom stereocenters. The van der Waals surface area contributed by atoms with Gasteiger partial charge in [-0.25, -0.2) is 4.39 Å². The molecule has 0 aliphatic heterocycles. The predicted octanol–water partition coefficient (Wildman–Crippen LogP) is 1.80. The number of amides is 1. The zero-order chi connectivity index (χ0) is 14.1. The minimum absolute atomic E-state index is 0. The van der Waals surface area contributed by atoms with Crippen LogP contribution in [0.3, 0.4) is 0 Å². The minimum Gasteiger partial charge on any atom is -0.383 e. The van der Waals surface area contributed by atoms with Crippen molar-refractivity contribution in [1.82, 2.24) is 10.6 Å². The second kappa shape index (κ2) is 10.9. The van der Waals surface area contributed by atoms with Gasteiger partial charge in [0.05, 0.1) is 13.0 Å². The van der Waals surface area contributed by atoms with Gasteiger partial charge in [0.15, 0.2) is 0 Å². The van der Waals surface area contributed by atoms with Crippen molar-refractivity contribution in [3.8, 4) is 0 Å². The van der Waals surface area contributed by atoms with Crippen LogP contribution >= 0.6 is 24.0 Å². The number of nitrogens with one attached hydrogen (secondary N) is 2. The molecule has 1 amide bonds. The molecule has 1 aromatic rings. The van der Waals surface area contributed by atoms with E-state index < -0.39 is 5.82 Å². The second-order valence-corrected chi connectivity index (χ2v) is 4.38. The summed E-state index contributed by atoms with van der Waals surface area (Å²) in [5, 5.41) is 6.06. The monoisotopic (exact) mass is 324 g/mol. The Balaban J connectivity index is 0.00000361. The van der Waals surface area contributed by atoms with Gasteiger partial charge in [-0.05, 0) is 12.1 Å². The molecule has 0 heterocycles. The molecule has 114 valence electrons. The van der Waals surface area contributed by atoms with Crippen LogP contribution in [0.1, 0.15) is 5.56 Å². The normalized spacial score (nSPS) is 9.95. The Hall–Kier alpha value is -0.880. The number of ether oxygens (including phenoxy) is 1. The topological polar surface area (TPSA) is 50.4 Å². The first-order valence-electron chi connectivity index (χ1n) is 6.04. The summed E-state index contributed by atoms with van der Waals surface area (Å²) in [6.45, 7) is 2.47. The minimum atomic E-state index is -0.458. The molecule has 0 spiro atoms. The van der Waals surface area contributed by atoms with E-state index in [1.54, 1.807) is 13.2 Å². The molecular formula is C13H19Cl2FN2O2. The Morgan fingerprint density at radius 3 is 2.75 bits per heavy atom. The number of benzene rings is 1. The van der Waals surface area contributed by atoms with E-state index in [0.717, 1.165) is 6.54 Å². The highest BCUT2D eigenvalue weighted by atomic mass is 35.5. The zero-order valence-corrected chi connectivity index (χ0v) is 12.8. The number of methoxy groups -OCH3 is 1. The highest BCUT2D eigenvalue weighted by Gasteiger charge is 2.11. The summed E-state index contributed by atoms with van der Waals surface area (Å²) in [5.41, 5.74) is 0.231. The van der Waals surface area contributed by atoms with Gasteiger partial charge in [-0.3, -0.25) is 4.79 Å². The molecule has 0 saturated carbocycles. The molecule has 20 heavy (non-hydrogen) atoms. The van der Waals surface area contributed by atoms with E-state index in [4.69, 9.17) is 16.3 Å². The highest BCUT2D eigenvalue weighted by Crippen LogP contribution is 2.19. The maximum atomic E-state index is 13.4. The maximum Gasteiger partial charge on any atom is 0.224 e. The molecule has 0 fully saturated rings. The molecule has 0 atom stereocenters. The summed E-state index contributed by atoms with van der Waals surface area (Å²) in [5.74, 6) is -0.707. The van der Waals surface area contributed by atoms with Crippen LogP contribution in [0.4, 0.5) is 4.39 Å². The van der Waals surface area contributed by atoms with Crippen molar-refractivity contribution in [2.75, 3.05) is 33.4 Å². The van der Waals surface area contributed by atoms with E-state index in [-0.39, 0.29) is 35.3 Å². The molecule has 1 rings (SSSR count). The average molecular weight is 325 g/mol. The van der Waals surface area contributed by atoms with Gasteiger partial charge < -0.3 is 15.4 Å². The maximum absolute atomic E-state index is 13.4. The number of hydrogen-bond acceptors (Lipinski definition) is 3. The molecular weight excluding hydrogens is 306 g/mol. The van der Waals surface area contributed by atoms with Crippen molar-refractivity contribution in [1.29, 1.82) is 0 Å².